The number of rotatable bonds is 12. The van der Waals surface area contributed by atoms with Gasteiger partial charge in [-0.2, -0.15) is 0 Å². The van der Waals surface area contributed by atoms with Gasteiger partial charge in [0.05, 0.1) is 0 Å². The van der Waals surface area contributed by atoms with Gasteiger partial charge in [0.15, 0.2) is 0 Å². The number of thioether (sulfide) groups is 1. The van der Waals surface area contributed by atoms with Gasteiger partial charge in [0.25, 0.3) is 0 Å². The summed E-state index contributed by atoms with van der Waals surface area (Å²) in [5.74, 6) is 5.74. The minimum absolute atomic E-state index is 1.01. The standard InChI is InChI=1S/C10H9S.3C4H9.Sn/c1-2-8-11-9-10-6-4-3-5-7-10;3*1-3-4-2;/h3-7H,8-9H2;3*1,3-4H2,2H3;. The summed E-state index contributed by atoms with van der Waals surface area (Å²) in [5, 5.41) is 0. The first-order valence-corrected chi connectivity index (χ1v) is 18.5. The van der Waals surface area contributed by atoms with Crippen molar-refractivity contribution in [1.82, 2.24) is 0 Å². The predicted octanol–water partition coefficient (Wildman–Crippen LogP) is 7.31. The van der Waals surface area contributed by atoms with Crippen LogP contribution in [0.15, 0.2) is 30.3 Å². The number of hydrogen-bond donors (Lipinski definition) is 0. The Hall–Kier alpha value is -0.0713. The van der Waals surface area contributed by atoms with E-state index < -0.39 is 18.4 Å². The van der Waals surface area contributed by atoms with E-state index >= 15 is 0 Å². The average Bonchev–Trinajstić information content (AvgIpc) is 2.63. The fourth-order valence-electron chi connectivity index (χ4n) is 3.13. The molecule has 0 unspecified atom stereocenters. The van der Waals surface area contributed by atoms with E-state index in [9.17, 15) is 0 Å². The molecule has 0 saturated carbocycles. The van der Waals surface area contributed by atoms with E-state index in [2.05, 4.69) is 61.0 Å². The molecule has 134 valence electrons. The Morgan fingerprint density at radius 1 is 0.833 bits per heavy atom. The molecule has 0 amide bonds. The molecule has 2 heteroatoms. The maximum absolute atomic E-state index is 3.96. The van der Waals surface area contributed by atoms with Gasteiger partial charge < -0.3 is 0 Å². The number of hydrogen-bond acceptors (Lipinski definition) is 1. The van der Waals surface area contributed by atoms with Gasteiger partial charge >= 0.3 is 160 Å². The zero-order valence-electron chi connectivity index (χ0n) is 16.1. The topological polar surface area (TPSA) is 0 Å². The molecule has 0 aliphatic rings. The summed E-state index contributed by atoms with van der Waals surface area (Å²) >= 11 is -0.228. The summed E-state index contributed by atoms with van der Waals surface area (Å²) in [6.07, 6.45) is 8.24. The Morgan fingerprint density at radius 3 is 1.88 bits per heavy atom. The van der Waals surface area contributed by atoms with Crippen molar-refractivity contribution in [1.29, 1.82) is 0 Å². The molecule has 1 rings (SSSR count). The molecule has 0 bridgehead atoms. The molecular weight excluding hydrogens is 415 g/mol. The van der Waals surface area contributed by atoms with E-state index in [0.717, 1.165) is 11.5 Å². The molecule has 0 spiro atoms. The van der Waals surface area contributed by atoms with Crippen molar-refractivity contribution in [2.45, 2.75) is 78.4 Å². The predicted molar refractivity (Wildman–Crippen MR) is 115 cm³/mol. The molecule has 0 atom stereocenters. The van der Waals surface area contributed by atoms with Crippen molar-refractivity contribution in [2.24, 2.45) is 0 Å². The maximum atomic E-state index is 3.96. The van der Waals surface area contributed by atoms with E-state index in [1.54, 1.807) is 0 Å². The second-order valence-corrected chi connectivity index (χ2v) is 20.2. The summed E-state index contributed by atoms with van der Waals surface area (Å²) in [5.41, 5.74) is 1.42. The number of unbranched alkanes of at least 4 members (excludes halogenated alkanes) is 3. The van der Waals surface area contributed by atoms with Gasteiger partial charge in [-0.15, -0.1) is 0 Å². The molecule has 0 N–H and O–H groups in total. The zero-order valence-corrected chi connectivity index (χ0v) is 19.7. The molecule has 0 fully saturated rings. The fourth-order valence-corrected chi connectivity index (χ4v) is 17.6. The van der Waals surface area contributed by atoms with Gasteiger partial charge in [0.2, 0.25) is 0 Å². The van der Waals surface area contributed by atoms with Crippen LogP contribution in [-0.4, -0.2) is 24.1 Å². The normalized spacial score (nSPS) is 11.1. The zero-order chi connectivity index (χ0) is 17.5. The summed E-state index contributed by atoms with van der Waals surface area (Å²) < 4.78 is 8.47. The van der Waals surface area contributed by atoms with Crippen LogP contribution >= 0.6 is 11.8 Å². The minimum atomic E-state index is -2.21. The molecule has 24 heavy (non-hydrogen) atoms. The molecule has 0 saturated heterocycles. The van der Waals surface area contributed by atoms with E-state index in [4.69, 9.17) is 0 Å². The van der Waals surface area contributed by atoms with Crippen LogP contribution in [0.1, 0.15) is 64.9 Å². The summed E-state index contributed by atoms with van der Waals surface area (Å²) in [6, 6.07) is 10.8. The molecule has 0 aromatic heterocycles. The second kappa shape index (κ2) is 14.1. The Morgan fingerprint density at radius 2 is 1.38 bits per heavy atom. The Kier molecular flexibility index (Phi) is 12.9. The average molecular weight is 451 g/mol. The van der Waals surface area contributed by atoms with Crippen LogP contribution in [0.3, 0.4) is 0 Å². The quantitative estimate of drug-likeness (QED) is 0.182. The molecule has 0 heterocycles. The summed E-state index contributed by atoms with van der Waals surface area (Å²) in [4.78, 5) is 0. The van der Waals surface area contributed by atoms with Crippen LogP contribution in [0, 0.1) is 9.86 Å². The van der Waals surface area contributed by atoms with E-state index in [-0.39, 0.29) is 0 Å². The third kappa shape index (κ3) is 9.42. The van der Waals surface area contributed by atoms with Crippen molar-refractivity contribution < 1.29 is 0 Å². The number of benzene rings is 1. The van der Waals surface area contributed by atoms with E-state index in [0.29, 0.717) is 0 Å². The third-order valence-electron chi connectivity index (χ3n) is 4.67. The Bertz CT molecular complexity index is 450. The fraction of sp³-hybridized carbons (Fsp3) is 0.636. The molecule has 0 nitrogen and oxygen atoms in total. The SMILES string of the molecule is CCC[CH2][Sn]([C]#CCSCc1ccccc1)([CH2]CCC)[CH2]CCC. The summed E-state index contributed by atoms with van der Waals surface area (Å²) in [7, 11) is 0. The van der Waals surface area contributed by atoms with Gasteiger partial charge in [-0.25, -0.2) is 0 Å². The van der Waals surface area contributed by atoms with Gasteiger partial charge in [-0.1, -0.05) is 0 Å². The first-order chi connectivity index (χ1) is 11.8. The van der Waals surface area contributed by atoms with Crippen LogP contribution in [-0.2, 0) is 5.75 Å². The monoisotopic (exact) mass is 452 g/mol. The van der Waals surface area contributed by atoms with Gasteiger partial charge in [-0.05, 0) is 0 Å². The van der Waals surface area contributed by atoms with Crippen molar-refractivity contribution in [3.05, 3.63) is 35.9 Å². The summed E-state index contributed by atoms with van der Waals surface area (Å²) in [6.45, 7) is 7.00. The van der Waals surface area contributed by atoms with Crippen molar-refractivity contribution in [3.8, 4) is 9.86 Å². The third-order valence-corrected chi connectivity index (χ3v) is 18.8. The molecule has 0 radical (unpaired) electrons. The van der Waals surface area contributed by atoms with Crippen molar-refractivity contribution >= 4 is 30.1 Å². The van der Waals surface area contributed by atoms with Gasteiger partial charge in [-0.3, -0.25) is 0 Å². The molecule has 1 aromatic rings. The van der Waals surface area contributed by atoms with Crippen molar-refractivity contribution in [3.63, 3.8) is 0 Å². The van der Waals surface area contributed by atoms with Crippen LogP contribution in [0.4, 0.5) is 0 Å². The van der Waals surface area contributed by atoms with E-state index in [1.165, 1.54) is 57.4 Å². The van der Waals surface area contributed by atoms with Crippen LogP contribution in [0.5, 0.6) is 0 Å². The Balaban J connectivity index is 2.60. The van der Waals surface area contributed by atoms with Crippen LogP contribution in [0.2, 0.25) is 13.3 Å². The van der Waals surface area contributed by atoms with E-state index in [1.807, 2.05) is 11.8 Å². The van der Waals surface area contributed by atoms with Crippen LogP contribution in [0.25, 0.3) is 0 Å². The van der Waals surface area contributed by atoms with Crippen LogP contribution < -0.4 is 0 Å². The molecular formula is C22H36SSn. The molecule has 0 aliphatic heterocycles. The van der Waals surface area contributed by atoms with Crippen molar-refractivity contribution in [2.75, 3.05) is 5.75 Å². The molecule has 1 aromatic carbocycles. The molecule has 0 aliphatic carbocycles. The first-order valence-electron chi connectivity index (χ1n) is 9.88. The first kappa shape index (κ1) is 22.0. The Labute approximate surface area is 159 Å². The van der Waals surface area contributed by atoms with Gasteiger partial charge in [0, 0.05) is 0 Å². The van der Waals surface area contributed by atoms with Gasteiger partial charge in [0.1, 0.15) is 0 Å². The second-order valence-electron chi connectivity index (χ2n) is 6.87.